The number of benzene rings is 1. The van der Waals surface area contributed by atoms with Crippen molar-refractivity contribution in [2.24, 2.45) is 10.8 Å². The number of hydrogen-bond acceptors (Lipinski definition) is 3. The molecule has 2 nitrogen and oxygen atoms in total. The Balaban J connectivity index is 0.00000254. The fraction of sp³-hybridized carbons (Fsp3) is 0.667. The van der Waals surface area contributed by atoms with Crippen LogP contribution < -0.4 is 0 Å². The van der Waals surface area contributed by atoms with Gasteiger partial charge in [-0.25, -0.2) is 0 Å². The molecule has 1 rings (SSSR count). The second kappa shape index (κ2) is 9.50. The van der Waals surface area contributed by atoms with E-state index in [9.17, 15) is 4.79 Å². The van der Waals surface area contributed by atoms with E-state index in [1.165, 1.54) is 0 Å². The van der Waals surface area contributed by atoms with E-state index in [4.69, 9.17) is 4.74 Å². The van der Waals surface area contributed by atoms with Crippen molar-refractivity contribution < 1.29 is 9.53 Å². The summed E-state index contributed by atoms with van der Waals surface area (Å²) >= 11 is 1.79. The fourth-order valence-electron chi connectivity index (χ4n) is 2.45. The molecule has 0 aliphatic carbocycles. The van der Waals surface area contributed by atoms with Gasteiger partial charge >= 0.3 is 5.97 Å². The third-order valence-electron chi connectivity index (χ3n) is 4.65. The Kier molecular flexibility index (Phi) is 9.12. The van der Waals surface area contributed by atoms with Gasteiger partial charge in [0.05, 0.1) is 5.41 Å². The second-order valence-electron chi connectivity index (χ2n) is 7.78. The van der Waals surface area contributed by atoms with Gasteiger partial charge in [0.1, 0.15) is 6.61 Å². The standard InChI is InChI=1S/C19H30O2S.C2H6/c1-17(2,3)19(6,14-18(4,5)22-7)16(20)21-13-15-11-9-8-10-12-15;1-2/h8-12H,13-14H2,1-7H3;1-2H3. The molecule has 0 aliphatic rings. The van der Waals surface area contributed by atoms with E-state index in [0.29, 0.717) is 6.61 Å². The van der Waals surface area contributed by atoms with Crippen LogP contribution in [0.15, 0.2) is 30.3 Å². The van der Waals surface area contributed by atoms with Crippen LogP contribution in [0, 0.1) is 10.8 Å². The van der Waals surface area contributed by atoms with Gasteiger partial charge in [-0.05, 0) is 30.6 Å². The van der Waals surface area contributed by atoms with Crippen molar-refractivity contribution in [3.63, 3.8) is 0 Å². The van der Waals surface area contributed by atoms with Crippen LogP contribution in [-0.2, 0) is 16.1 Å². The maximum atomic E-state index is 12.8. The third-order valence-corrected chi connectivity index (χ3v) is 5.90. The van der Waals surface area contributed by atoms with E-state index in [1.807, 2.05) is 51.1 Å². The monoisotopic (exact) mass is 352 g/mol. The summed E-state index contributed by atoms with van der Waals surface area (Å²) in [7, 11) is 0. The van der Waals surface area contributed by atoms with Crippen LogP contribution >= 0.6 is 11.8 Å². The molecule has 24 heavy (non-hydrogen) atoms. The van der Waals surface area contributed by atoms with Crippen molar-refractivity contribution >= 4 is 17.7 Å². The molecule has 0 spiro atoms. The number of carbonyl (C=O) groups excluding carboxylic acids is 1. The van der Waals surface area contributed by atoms with Gasteiger partial charge in [-0.15, -0.1) is 0 Å². The molecule has 1 aromatic rings. The van der Waals surface area contributed by atoms with Crippen molar-refractivity contribution in [3.8, 4) is 0 Å². The molecule has 0 heterocycles. The number of esters is 1. The van der Waals surface area contributed by atoms with Crippen molar-refractivity contribution in [1.29, 1.82) is 0 Å². The quantitative estimate of drug-likeness (QED) is 0.559. The lowest BCUT2D eigenvalue weighted by molar-refractivity contribution is -0.164. The first-order valence-electron chi connectivity index (χ1n) is 8.78. The molecule has 0 aliphatic heterocycles. The van der Waals surface area contributed by atoms with E-state index < -0.39 is 5.41 Å². The Labute approximate surface area is 153 Å². The molecule has 138 valence electrons. The highest BCUT2D eigenvalue weighted by molar-refractivity contribution is 7.99. The van der Waals surface area contributed by atoms with E-state index in [2.05, 4.69) is 40.9 Å². The minimum absolute atomic E-state index is 0.0355. The summed E-state index contributed by atoms with van der Waals surface area (Å²) in [6.07, 6.45) is 2.89. The minimum Gasteiger partial charge on any atom is -0.460 e. The number of carbonyl (C=O) groups is 1. The Hall–Kier alpha value is -0.960. The zero-order valence-electron chi connectivity index (χ0n) is 17.0. The van der Waals surface area contributed by atoms with Gasteiger partial charge in [0, 0.05) is 4.75 Å². The van der Waals surface area contributed by atoms with Gasteiger partial charge in [-0.3, -0.25) is 4.79 Å². The van der Waals surface area contributed by atoms with Gasteiger partial charge in [0.25, 0.3) is 0 Å². The van der Waals surface area contributed by atoms with Crippen LogP contribution in [0.2, 0.25) is 0 Å². The molecule has 0 fully saturated rings. The highest BCUT2D eigenvalue weighted by Crippen LogP contribution is 2.48. The van der Waals surface area contributed by atoms with Gasteiger partial charge in [0.15, 0.2) is 0 Å². The van der Waals surface area contributed by atoms with Crippen LogP contribution in [0.1, 0.15) is 67.4 Å². The molecule has 0 N–H and O–H groups in total. The molecule has 0 amide bonds. The highest BCUT2D eigenvalue weighted by atomic mass is 32.2. The molecule has 0 aromatic heterocycles. The zero-order valence-corrected chi connectivity index (χ0v) is 17.8. The maximum Gasteiger partial charge on any atom is 0.312 e. The predicted octanol–water partition coefficient (Wildman–Crippen LogP) is 6.34. The fourth-order valence-corrected chi connectivity index (χ4v) is 2.88. The normalized spacial score (nSPS) is 14.2. The lowest BCUT2D eigenvalue weighted by Gasteiger charge is -2.43. The second-order valence-corrected chi connectivity index (χ2v) is 9.30. The molecule has 1 unspecified atom stereocenters. The predicted molar refractivity (Wildman–Crippen MR) is 107 cm³/mol. The largest absolute Gasteiger partial charge is 0.460 e. The molecular formula is C21H36O2S. The summed E-state index contributed by atoms with van der Waals surface area (Å²) in [4.78, 5) is 12.8. The molecular weight excluding hydrogens is 316 g/mol. The summed E-state index contributed by atoms with van der Waals surface area (Å²) in [5, 5.41) is 0. The van der Waals surface area contributed by atoms with Crippen LogP contribution in [0.3, 0.4) is 0 Å². The lowest BCUT2D eigenvalue weighted by atomic mass is 9.64. The van der Waals surface area contributed by atoms with E-state index in [-0.39, 0.29) is 16.1 Å². The van der Waals surface area contributed by atoms with E-state index in [1.54, 1.807) is 11.8 Å². The maximum absolute atomic E-state index is 12.8. The summed E-state index contributed by atoms with van der Waals surface area (Å²) in [5.41, 5.74) is 0.346. The van der Waals surface area contributed by atoms with Crippen LogP contribution in [0.4, 0.5) is 0 Å². The lowest BCUT2D eigenvalue weighted by Crippen LogP contribution is -2.45. The number of thioether (sulfide) groups is 1. The topological polar surface area (TPSA) is 26.3 Å². The molecule has 0 saturated heterocycles. The van der Waals surface area contributed by atoms with E-state index in [0.717, 1.165) is 12.0 Å². The number of rotatable bonds is 6. The molecule has 0 saturated carbocycles. The first kappa shape index (κ1) is 23.0. The SMILES string of the molecule is CC.CSC(C)(C)CC(C)(C(=O)OCc1ccccc1)C(C)(C)C. The molecule has 1 aromatic carbocycles. The van der Waals surface area contributed by atoms with Crippen molar-refractivity contribution in [1.82, 2.24) is 0 Å². The van der Waals surface area contributed by atoms with Crippen molar-refractivity contribution in [2.75, 3.05) is 6.26 Å². The first-order chi connectivity index (χ1) is 11.0. The van der Waals surface area contributed by atoms with Crippen LogP contribution in [0.5, 0.6) is 0 Å². The van der Waals surface area contributed by atoms with Crippen LogP contribution in [-0.4, -0.2) is 17.0 Å². The van der Waals surface area contributed by atoms with Gasteiger partial charge in [-0.1, -0.05) is 78.8 Å². The van der Waals surface area contributed by atoms with Gasteiger partial charge < -0.3 is 4.74 Å². The zero-order chi connectivity index (χ0) is 19.0. The summed E-state index contributed by atoms with van der Waals surface area (Å²) in [6.45, 7) is 17.1. The summed E-state index contributed by atoms with van der Waals surface area (Å²) in [5.74, 6) is -0.106. The Morgan fingerprint density at radius 3 is 1.92 bits per heavy atom. The highest BCUT2D eigenvalue weighted by Gasteiger charge is 2.48. The van der Waals surface area contributed by atoms with Gasteiger partial charge in [0.2, 0.25) is 0 Å². The minimum atomic E-state index is -0.520. The van der Waals surface area contributed by atoms with Crippen molar-refractivity contribution in [2.45, 2.75) is 73.2 Å². The van der Waals surface area contributed by atoms with E-state index >= 15 is 0 Å². The number of ether oxygens (including phenoxy) is 1. The van der Waals surface area contributed by atoms with Crippen LogP contribution in [0.25, 0.3) is 0 Å². The van der Waals surface area contributed by atoms with Crippen molar-refractivity contribution in [3.05, 3.63) is 35.9 Å². The summed E-state index contributed by atoms with van der Waals surface area (Å²) < 4.78 is 5.70. The number of hydrogen-bond donors (Lipinski definition) is 0. The molecule has 3 heteroatoms. The average molecular weight is 353 g/mol. The molecule has 0 radical (unpaired) electrons. The Bertz CT molecular complexity index is 488. The van der Waals surface area contributed by atoms with Gasteiger partial charge in [-0.2, -0.15) is 11.8 Å². The smallest absolute Gasteiger partial charge is 0.312 e. The average Bonchev–Trinajstić information content (AvgIpc) is 2.54. The molecule has 1 atom stereocenters. The third kappa shape index (κ3) is 6.51. The summed E-state index contributed by atoms with van der Waals surface area (Å²) in [6, 6.07) is 9.85. The Morgan fingerprint density at radius 2 is 1.50 bits per heavy atom. The Morgan fingerprint density at radius 1 is 1.00 bits per heavy atom. The molecule has 0 bridgehead atoms. The first-order valence-corrected chi connectivity index (χ1v) is 10.0.